The maximum atomic E-state index is 8.42. The van der Waals surface area contributed by atoms with Gasteiger partial charge in [0.05, 0.1) is 51.8 Å². The van der Waals surface area contributed by atoms with E-state index in [1.807, 2.05) is 13.8 Å². The molecule has 0 bridgehead atoms. The largest absolute Gasteiger partial charge is 0.394 e. The molecule has 0 rings (SSSR count). The lowest BCUT2D eigenvalue weighted by Gasteiger charge is -1.97. The Morgan fingerprint density at radius 1 is 0.440 bits per heavy atom. The van der Waals surface area contributed by atoms with Crippen molar-refractivity contribution in [1.82, 2.24) is 0 Å². The van der Waals surface area contributed by atoms with E-state index >= 15 is 0 Å². The lowest BCUT2D eigenvalue weighted by Crippen LogP contribution is -2.15. The van der Waals surface area contributed by atoms with Crippen LogP contribution in [0.4, 0.5) is 0 Å². The third-order valence-corrected chi connectivity index (χ3v) is 2.21. The molecule has 2 atom stereocenters. The molecule has 0 saturated heterocycles. The SMILES string of the molecule is C.CCC(O)CO.CCC(O)CO.OCC(O)CO.OCC(O)CO. The smallest absolute Gasteiger partial charge is 0.100 e. The number of hydrogen-bond donors (Lipinski definition) is 10. The van der Waals surface area contributed by atoms with E-state index in [-0.39, 0.29) is 47.1 Å². The van der Waals surface area contributed by atoms with E-state index in [1.54, 1.807) is 0 Å². The molecule has 0 aromatic carbocycles. The zero-order chi connectivity index (χ0) is 20.0. The Balaban J connectivity index is -0.0000000702. The van der Waals surface area contributed by atoms with Crippen LogP contribution in [0.5, 0.6) is 0 Å². The zero-order valence-corrected chi connectivity index (χ0v) is 14.4. The summed E-state index contributed by atoms with van der Waals surface area (Å²) in [5.74, 6) is 0. The van der Waals surface area contributed by atoms with E-state index in [2.05, 4.69) is 0 Å². The van der Waals surface area contributed by atoms with Gasteiger partial charge in [-0.05, 0) is 12.8 Å². The van der Waals surface area contributed by atoms with Gasteiger partial charge in [0.25, 0.3) is 0 Å². The number of aliphatic hydroxyl groups is 10. The highest BCUT2D eigenvalue weighted by Crippen LogP contribution is 1.84. The lowest BCUT2D eigenvalue weighted by molar-refractivity contribution is 0.0450. The molecule has 0 fully saturated rings. The third kappa shape index (κ3) is 45.2. The van der Waals surface area contributed by atoms with Crippen molar-refractivity contribution in [3.8, 4) is 0 Å². The molecular weight excluding hydrogens is 340 g/mol. The Labute approximate surface area is 150 Å². The van der Waals surface area contributed by atoms with Gasteiger partial charge in [-0.25, -0.2) is 0 Å². The van der Waals surface area contributed by atoms with Gasteiger partial charge in [-0.3, -0.25) is 0 Å². The monoisotopic (exact) mass is 380 g/mol. The molecule has 25 heavy (non-hydrogen) atoms. The van der Waals surface area contributed by atoms with Crippen molar-refractivity contribution in [1.29, 1.82) is 0 Å². The highest BCUT2D eigenvalue weighted by atomic mass is 16.4. The molecular formula is C15H40O10. The van der Waals surface area contributed by atoms with Crippen LogP contribution in [0, 0.1) is 0 Å². The van der Waals surface area contributed by atoms with Gasteiger partial charge in [0.15, 0.2) is 0 Å². The first-order valence-corrected chi connectivity index (χ1v) is 7.61. The highest BCUT2D eigenvalue weighted by Gasteiger charge is 1.94. The van der Waals surface area contributed by atoms with Crippen LogP contribution in [-0.4, -0.2) is 115 Å². The van der Waals surface area contributed by atoms with E-state index in [4.69, 9.17) is 51.1 Å². The molecule has 0 saturated carbocycles. The van der Waals surface area contributed by atoms with Gasteiger partial charge >= 0.3 is 0 Å². The van der Waals surface area contributed by atoms with Crippen molar-refractivity contribution in [2.24, 2.45) is 0 Å². The van der Waals surface area contributed by atoms with Crippen molar-refractivity contribution >= 4 is 0 Å². The van der Waals surface area contributed by atoms with Gasteiger partial charge in [0, 0.05) is 0 Å². The van der Waals surface area contributed by atoms with Gasteiger partial charge in [0.2, 0.25) is 0 Å². The first-order chi connectivity index (χ1) is 11.2. The summed E-state index contributed by atoms with van der Waals surface area (Å²) in [6.07, 6.45) is -1.66. The number of rotatable bonds is 8. The molecule has 0 aliphatic carbocycles. The molecule has 0 aromatic heterocycles. The second kappa shape index (κ2) is 31.4. The van der Waals surface area contributed by atoms with Gasteiger partial charge in [-0.15, -0.1) is 0 Å². The first-order valence-electron chi connectivity index (χ1n) is 7.61. The fourth-order valence-electron chi connectivity index (χ4n) is 0.374. The topological polar surface area (TPSA) is 202 Å². The second-order valence-electron chi connectivity index (χ2n) is 4.53. The van der Waals surface area contributed by atoms with Crippen LogP contribution >= 0.6 is 0 Å². The molecule has 0 spiro atoms. The van der Waals surface area contributed by atoms with Crippen molar-refractivity contribution in [3.05, 3.63) is 0 Å². The third-order valence-electron chi connectivity index (χ3n) is 2.21. The van der Waals surface area contributed by atoms with Gasteiger partial charge < -0.3 is 51.1 Å². The first kappa shape index (κ1) is 35.7. The summed E-state index contributed by atoms with van der Waals surface area (Å²) in [6.45, 7) is 1.95. The molecule has 0 aromatic rings. The summed E-state index contributed by atoms with van der Waals surface area (Å²) in [7, 11) is 0. The molecule has 0 heterocycles. The number of hydrogen-bond acceptors (Lipinski definition) is 10. The molecule has 0 aliphatic rings. The van der Waals surface area contributed by atoms with Crippen LogP contribution in [0.1, 0.15) is 34.1 Å². The van der Waals surface area contributed by atoms with E-state index in [1.165, 1.54) is 0 Å². The number of aliphatic hydroxyl groups excluding tert-OH is 10. The van der Waals surface area contributed by atoms with Crippen molar-refractivity contribution in [3.63, 3.8) is 0 Å². The molecule has 10 heteroatoms. The Bertz CT molecular complexity index is 141. The minimum atomic E-state index is -0.954. The van der Waals surface area contributed by atoms with Gasteiger partial charge in [0.1, 0.15) is 12.2 Å². The minimum absolute atomic E-state index is 0. The van der Waals surface area contributed by atoms with Crippen molar-refractivity contribution in [2.45, 2.75) is 58.5 Å². The Morgan fingerprint density at radius 2 is 0.600 bits per heavy atom. The van der Waals surface area contributed by atoms with Crippen LogP contribution in [0.25, 0.3) is 0 Å². The van der Waals surface area contributed by atoms with Crippen LogP contribution < -0.4 is 0 Å². The summed E-state index contributed by atoms with van der Waals surface area (Å²) >= 11 is 0. The van der Waals surface area contributed by atoms with E-state index in [0.29, 0.717) is 12.8 Å². The standard InChI is InChI=1S/2C4H10O2.2C3H8O3.CH4/c2*1-2-4(6)3-5;2*4-1-3(6)2-5;/h2*4-6H,2-3H2,1H3;2*3-6H,1-2H2;1H4. The minimum Gasteiger partial charge on any atom is -0.394 e. The summed E-state index contributed by atoms with van der Waals surface area (Å²) in [6, 6.07) is 0. The predicted molar refractivity (Wildman–Crippen MR) is 93.9 cm³/mol. The maximum absolute atomic E-state index is 8.42. The summed E-state index contributed by atoms with van der Waals surface area (Å²) in [5, 5.41) is 81.0. The molecule has 0 aliphatic heterocycles. The molecule has 160 valence electrons. The highest BCUT2D eigenvalue weighted by molar-refractivity contribution is 4.45. The van der Waals surface area contributed by atoms with Gasteiger partial charge in [-0.1, -0.05) is 21.3 Å². The molecule has 10 nitrogen and oxygen atoms in total. The zero-order valence-electron chi connectivity index (χ0n) is 14.4. The normalized spacial score (nSPS) is 11.8. The molecule has 0 amide bonds. The van der Waals surface area contributed by atoms with Crippen LogP contribution in [-0.2, 0) is 0 Å². The Hall–Kier alpha value is -0.400. The Morgan fingerprint density at radius 3 is 0.600 bits per heavy atom. The van der Waals surface area contributed by atoms with Crippen LogP contribution in [0.15, 0.2) is 0 Å². The van der Waals surface area contributed by atoms with E-state index in [0.717, 1.165) is 0 Å². The predicted octanol–water partition coefficient (Wildman–Crippen LogP) is -3.20. The molecule has 0 radical (unpaired) electrons. The summed E-state index contributed by atoms with van der Waals surface area (Å²) in [4.78, 5) is 0. The van der Waals surface area contributed by atoms with Crippen molar-refractivity contribution < 1.29 is 51.1 Å². The average molecular weight is 380 g/mol. The maximum Gasteiger partial charge on any atom is 0.100 e. The van der Waals surface area contributed by atoms with Crippen LogP contribution in [0.3, 0.4) is 0 Å². The molecule has 2 unspecified atom stereocenters. The molecule has 10 N–H and O–H groups in total. The summed E-state index contributed by atoms with van der Waals surface area (Å²) < 4.78 is 0. The summed E-state index contributed by atoms with van der Waals surface area (Å²) in [5.41, 5.74) is 0. The van der Waals surface area contributed by atoms with Gasteiger partial charge in [-0.2, -0.15) is 0 Å². The van der Waals surface area contributed by atoms with E-state index in [9.17, 15) is 0 Å². The van der Waals surface area contributed by atoms with E-state index < -0.39 is 24.4 Å². The fourth-order valence-corrected chi connectivity index (χ4v) is 0.374. The van der Waals surface area contributed by atoms with Crippen molar-refractivity contribution in [2.75, 3.05) is 39.6 Å². The quantitative estimate of drug-likeness (QED) is 0.204. The van der Waals surface area contributed by atoms with Crippen LogP contribution in [0.2, 0.25) is 0 Å². The Kier molecular flexibility index (Phi) is 44.8. The second-order valence-corrected chi connectivity index (χ2v) is 4.53. The fraction of sp³-hybridized carbons (Fsp3) is 1.00. The lowest BCUT2D eigenvalue weighted by atomic mass is 10.3. The average Bonchev–Trinajstić information content (AvgIpc) is 2.66.